The number of aromatic nitrogens is 1. The Labute approximate surface area is 308 Å². The number of imide groups is 1. The molecule has 4 aromatic rings. The number of fused-ring (bicyclic) bond motifs is 9. The lowest BCUT2D eigenvalue weighted by molar-refractivity contribution is -0.123. The van der Waals surface area contributed by atoms with Crippen LogP contribution in [0.1, 0.15) is 66.4 Å². The molecule has 12 heteroatoms. The number of nitrogens with one attached hydrogen (secondary N) is 1. The van der Waals surface area contributed by atoms with Gasteiger partial charge in [-0.3, -0.25) is 28.6 Å². The zero-order chi connectivity index (χ0) is 36.6. The van der Waals surface area contributed by atoms with Gasteiger partial charge in [-0.15, -0.1) is 11.8 Å². The Kier molecular flexibility index (Phi) is 8.53. The van der Waals surface area contributed by atoms with Gasteiger partial charge in [0, 0.05) is 21.7 Å². The molecule has 2 aliphatic carbocycles. The molecule has 2 bridgehead atoms. The second kappa shape index (κ2) is 12.8. The van der Waals surface area contributed by atoms with Crippen molar-refractivity contribution in [1.82, 2.24) is 4.57 Å². The third kappa shape index (κ3) is 5.62. The van der Waals surface area contributed by atoms with E-state index in [2.05, 4.69) is 50.4 Å². The second-order valence-corrected chi connectivity index (χ2v) is 17.2. The van der Waals surface area contributed by atoms with Crippen LogP contribution in [0.4, 0.5) is 15.8 Å². The highest BCUT2D eigenvalue weighted by molar-refractivity contribution is 8.00. The van der Waals surface area contributed by atoms with E-state index >= 15 is 0 Å². The fourth-order valence-electron chi connectivity index (χ4n) is 8.91. The Morgan fingerprint density at radius 2 is 1.56 bits per heavy atom. The summed E-state index contributed by atoms with van der Waals surface area (Å²) >= 11 is 2.71. The number of hydrogen-bond donors (Lipinski definition) is 1. The van der Waals surface area contributed by atoms with Crippen molar-refractivity contribution in [3.63, 3.8) is 0 Å². The van der Waals surface area contributed by atoms with E-state index < -0.39 is 23.6 Å². The van der Waals surface area contributed by atoms with Crippen LogP contribution in [0.25, 0.3) is 0 Å². The number of nitrogens with zero attached hydrogens (tertiary/aromatic N) is 2. The molecule has 0 radical (unpaired) electrons. The quantitative estimate of drug-likeness (QED) is 0.163. The number of anilines is 2. The zero-order valence-corrected chi connectivity index (χ0v) is 30.8. The van der Waals surface area contributed by atoms with E-state index in [1.807, 2.05) is 0 Å². The Bertz CT molecular complexity index is 2160. The number of halogens is 1. The number of amides is 3. The molecule has 2 aliphatic heterocycles. The average Bonchev–Trinajstić information content (AvgIpc) is 3.83. The van der Waals surface area contributed by atoms with Gasteiger partial charge in [0.05, 0.1) is 34.7 Å². The first kappa shape index (κ1) is 34.5. The molecule has 3 aromatic carbocycles. The number of thioether (sulfide) groups is 1. The summed E-state index contributed by atoms with van der Waals surface area (Å²) in [5, 5.41) is 3.51. The van der Waals surface area contributed by atoms with Gasteiger partial charge in [0.25, 0.3) is 0 Å². The third-order valence-corrected chi connectivity index (χ3v) is 13.9. The number of ether oxygens (including phenoxy) is 1. The number of thiazole rings is 1. The van der Waals surface area contributed by atoms with E-state index in [1.165, 1.54) is 39.3 Å². The Morgan fingerprint density at radius 1 is 0.904 bits per heavy atom. The van der Waals surface area contributed by atoms with Gasteiger partial charge in [-0.2, -0.15) is 0 Å². The van der Waals surface area contributed by atoms with Crippen LogP contribution in [-0.4, -0.2) is 40.1 Å². The van der Waals surface area contributed by atoms with E-state index in [4.69, 9.17) is 4.74 Å². The van der Waals surface area contributed by atoms with Crippen molar-refractivity contribution in [3.05, 3.63) is 110 Å². The van der Waals surface area contributed by atoms with Crippen molar-refractivity contribution < 1.29 is 28.3 Å². The predicted octanol–water partition coefficient (Wildman–Crippen LogP) is 6.84. The summed E-state index contributed by atoms with van der Waals surface area (Å²) in [4.78, 5) is 69.2. The summed E-state index contributed by atoms with van der Waals surface area (Å²) < 4.78 is 20.4. The lowest BCUT2D eigenvalue weighted by Gasteiger charge is -2.43. The molecule has 3 heterocycles. The lowest BCUT2D eigenvalue weighted by atomic mass is 9.68. The maximum absolute atomic E-state index is 14.1. The fourth-order valence-corrected chi connectivity index (χ4v) is 12.1. The molecular weight excluding hydrogens is 702 g/mol. The molecule has 3 fully saturated rings. The summed E-state index contributed by atoms with van der Waals surface area (Å²) in [6, 6.07) is 20.4. The SMILES string of the molecule is CCOC(=O)c1ccc(NC(=O)Cn2c3c(sc2=O)C(c2ccc(C(C)(C)C)cc2)C2C4CC(C2S3)C2C(=O)N(c3ccc(F)cc3)C(=O)C42)cc1. The van der Waals surface area contributed by atoms with Crippen LogP contribution >= 0.6 is 23.1 Å². The Morgan fingerprint density at radius 3 is 2.19 bits per heavy atom. The zero-order valence-electron chi connectivity index (χ0n) is 29.1. The molecule has 1 saturated heterocycles. The van der Waals surface area contributed by atoms with Crippen molar-refractivity contribution in [3.8, 4) is 0 Å². The van der Waals surface area contributed by atoms with Crippen molar-refractivity contribution in [1.29, 1.82) is 0 Å². The van der Waals surface area contributed by atoms with Crippen LogP contribution in [0.5, 0.6) is 0 Å². The standard InChI is InChI=1S/C40H38FN3O6S2/c1-5-50-38(48)21-8-14-24(15-9-21)42-28(45)19-43-37-34(52-39(43)49)29(20-6-10-22(11-7-20)40(2,3)4)30-26-18-27(33(30)51-37)32-31(26)35(46)44(36(32)47)25-16-12-23(41)13-17-25/h6-17,26-27,29-33H,5,18-19H2,1-4H3,(H,42,45). The van der Waals surface area contributed by atoms with Crippen molar-refractivity contribution in [2.45, 2.75) is 62.3 Å². The maximum atomic E-state index is 14.1. The molecule has 4 aliphatic rings. The Hall–Kier alpha value is -4.55. The third-order valence-electron chi connectivity index (χ3n) is 11.2. The number of hydrogen-bond acceptors (Lipinski definition) is 8. The molecule has 7 atom stereocenters. The monoisotopic (exact) mass is 739 g/mol. The first-order chi connectivity index (χ1) is 24.8. The van der Waals surface area contributed by atoms with Gasteiger partial charge in [0.1, 0.15) is 12.4 Å². The van der Waals surface area contributed by atoms with E-state index in [1.54, 1.807) is 43.0 Å². The minimum Gasteiger partial charge on any atom is -0.462 e. The highest BCUT2D eigenvalue weighted by Gasteiger charge is 2.69. The van der Waals surface area contributed by atoms with Crippen LogP contribution in [0.3, 0.4) is 0 Å². The minimum atomic E-state index is -0.499. The maximum Gasteiger partial charge on any atom is 0.338 e. The first-order valence-corrected chi connectivity index (χ1v) is 19.3. The highest BCUT2D eigenvalue weighted by Crippen LogP contribution is 2.69. The molecule has 3 amide bonds. The number of rotatable bonds is 7. The predicted molar refractivity (Wildman–Crippen MR) is 197 cm³/mol. The van der Waals surface area contributed by atoms with Crippen LogP contribution in [0.15, 0.2) is 82.6 Å². The van der Waals surface area contributed by atoms with Crippen molar-refractivity contribution >= 4 is 58.2 Å². The van der Waals surface area contributed by atoms with Gasteiger partial charge in [-0.25, -0.2) is 9.18 Å². The largest absolute Gasteiger partial charge is 0.462 e. The normalized spacial score (nSPS) is 25.9. The van der Waals surface area contributed by atoms with Crippen LogP contribution in [0.2, 0.25) is 0 Å². The molecule has 8 rings (SSSR count). The van der Waals surface area contributed by atoms with Gasteiger partial charge in [-0.05, 0) is 96.2 Å². The van der Waals surface area contributed by atoms with E-state index in [-0.39, 0.29) is 70.1 Å². The summed E-state index contributed by atoms with van der Waals surface area (Å²) in [6.45, 7) is 8.25. The lowest BCUT2D eigenvalue weighted by Crippen LogP contribution is -2.43. The first-order valence-electron chi connectivity index (χ1n) is 17.6. The number of carbonyl (C=O) groups excluding carboxylic acids is 4. The van der Waals surface area contributed by atoms with E-state index in [0.717, 1.165) is 33.2 Å². The number of esters is 1. The Balaban J connectivity index is 1.14. The smallest absolute Gasteiger partial charge is 0.338 e. The summed E-state index contributed by atoms with van der Waals surface area (Å²) in [5.41, 5.74) is 3.39. The van der Waals surface area contributed by atoms with Crippen molar-refractivity contribution in [2.24, 2.45) is 29.6 Å². The summed E-state index contributed by atoms with van der Waals surface area (Å²) in [5.74, 6) is -3.14. The average molecular weight is 740 g/mol. The molecule has 268 valence electrons. The molecular formula is C40H38FN3O6S2. The van der Waals surface area contributed by atoms with Crippen LogP contribution in [-0.2, 0) is 31.1 Å². The van der Waals surface area contributed by atoms with Crippen LogP contribution in [0, 0.1) is 35.4 Å². The highest BCUT2D eigenvalue weighted by atomic mass is 32.2. The molecule has 2 saturated carbocycles. The molecule has 1 aromatic heterocycles. The number of carbonyl (C=O) groups is 4. The van der Waals surface area contributed by atoms with Gasteiger partial charge in [0.15, 0.2) is 0 Å². The molecule has 7 unspecified atom stereocenters. The molecule has 0 spiro atoms. The van der Waals surface area contributed by atoms with E-state index in [9.17, 15) is 28.4 Å². The van der Waals surface area contributed by atoms with Crippen molar-refractivity contribution in [2.75, 3.05) is 16.8 Å². The molecule has 9 nitrogen and oxygen atoms in total. The minimum absolute atomic E-state index is 0.00704. The topological polar surface area (TPSA) is 115 Å². The summed E-state index contributed by atoms with van der Waals surface area (Å²) in [6.07, 6.45) is 0.727. The van der Waals surface area contributed by atoms with Gasteiger partial charge in [0.2, 0.25) is 17.7 Å². The van der Waals surface area contributed by atoms with Crippen LogP contribution < -0.4 is 15.1 Å². The van der Waals surface area contributed by atoms with Gasteiger partial charge in [-0.1, -0.05) is 56.4 Å². The number of benzene rings is 3. The van der Waals surface area contributed by atoms with E-state index in [0.29, 0.717) is 16.9 Å². The summed E-state index contributed by atoms with van der Waals surface area (Å²) in [7, 11) is 0. The molecule has 1 N–H and O–H groups in total. The fraction of sp³-hybridized carbons (Fsp3) is 0.375. The second-order valence-electron chi connectivity index (χ2n) is 15.1. The van der Waals surface area contributed by atoms with Gasteiger partial charge >= 0.3 is 10.8 Å². The molecule has 52 heavy (non-hydrogen) atoms. The van der Waals surface area contributed by atoms with Gasteiger partial charge < -0.3 is 10.1 Å².